The molecule has 4 nitrogen and oxygen atoms in total. The molecule has 1 heterocycles. The van der Waals surface area contributed by atoms with Crippen LogP contribution in [0.5, 0.6) is 0 Å². The van der Waals surface area contributed by atoms with Gasteiger partial charge in [0.05, 0.1) is 5.56 Å². The van der Waals surface area contributed by atoms with Gasteiger partial charge in [-0.15, -0.1) is 0 Å². The Morgan fingerprint density at radius 1 is 1.44 bits per heavy atom. The lowest BCUT2D eigenvalue weighted by atomic mass is 9.87. The largest absolute Gasteiger partial charge is 0.337 e. The highest BCUT2D eigenvalue weighted by Crippen LogP contribution is 2.23. The third kappa shape index (κ3) is 3.07. The number of carbonyl (C=O) groups is 1. The Kier molecular flexibility index (Phi) is 4.07. The molecule has 0 saturated carbocycles. The number of carbonyl (C=O) groups excluding carboxylic acids is 1. The van der Waals surface area contributed by atoms with Crippen molar-refractivity contribution in [3.63, 3.8) is 0 Å². The van der Waals surface area contributed by atoms with Crippen LogP contribution in [0.3, 0.4) is 0 Å². The summed E-state index contributed by atoms with van der Waals surface area (Å²) in [6.45, 7) is 8.29. The van der Waals surface area contributed by atoms with Gasteiger partial charge in [0.15, 0.2) is 0 Å². The van der Waals surface area contributed by atoms with Crippen LogP contribution in [0, 0.1) is 16.7 Å². The van der Waals surface area contributed by atoms with E-state index in [1.807, 2.05) is 13.0 Å². The topological polar surface area (TPSA) is 57.0 Å². The van der Waals surface area contributed by atoms with E-state index in [-0.39, 0.29) is 17.4 Å². The SMILES string of the molecule is CC(N(C)C(=O)c1ccc(C#N)cn1)C(C)(C)C. The highest BCUT2D eigenvalue weighted by Gasteiger charge is 2.27. The van der Waals surface area contributed by atoms with Gasteiger partial charge in [-0.3, -0.25) is 4.79 Å². The number of hydrogen-bond donors (Lipinski definition) is 0. The van der Waals surface area contributed by atoms with Crippen molar-refractivity contribution >= 4 is 5.91 Å². The van der Waals surface area contributed by atoms with Gasteiger partial charge in [-0.2, -0.15) is 5.26 Å². The molecule has 0 aliphatic heterocycles. The van der Waals surface area contributed by atoms with E-state index in [9.17, 15) is 4.79 Å². The monoisotopic (exact) mass is 245 g/mol. The first-order valence-corrected chi connectivity index (χ1v) is 5.90. The van der Waals surface area contributed by atoms with E-state index >= 15 is 0 Å². The average molecular weight is 245 g/mol. The van der Waals surface area contributed by atoms with Crippen LogP contribution in [0.2, 0.25) is 0 Å². The molecule has 1 aromatic rings. The quantitative estimate of drug-likeness (QED) is 0.804. The lowest BCUT2D eigenvalue weighted by Crippen LogP contribution is -2.43. The summed E-state index contributed by atoms with van der Waals surface area (Å²) in [7, 11) is 1.78. The van der Waals surface area contributed by atoms with Crippen molar-refractivity contribution in [2.75, 3.05) is 7.05 Å². The summed E-state index contributed by atoms with van der Waals surface area (Å²) < 4.78 is 0. The zero-order valence-corrected chi connectivity index (χ0v) is 11.6. The molecule has 0 radical (unpaired) electrons. The fraction of sp³-hybridized carbons (Fsp3) is 0.500. The maximum absolute atomic E-state index is 12.2. The molecule has 0 N–H and O–H groups in total. The smallest absolute Gasteiger partial charge is 0.272 e. The fourth-order valence-electron chi connectivity index (χ4n) is 1.52. The number of hydrogen-bond acceptors (Lipinski definition) is 3. The summed E-state index contributed by atoms with van der Waals surface area (Å²) in [5, 5.41) is 8.69. The van der Waals surface area contributed by atoms with Crippen molar-refractivity contribution < 1.29 is 4.79 Å². The van der Waals surface area contributed by atoms with Crippen LogP contribution in [0.25, 0.3) is 0 Å². The summed E-state index contributed by atoms with van der Waals surface area (Å²) in [6.07, 6.45) is 1.42. The maximum Gasteiger partial charge on any atom is 0.272 e. The predicted octanol–water partition coefficient (Wildman–Crippen LogP) is 2.46. The minimum absolute atomic E-state index is 0.0109. The second-order valence-electron chi connectivity index (χ2n) is 5.50. The standard InChI is InChI=1S/C14H19N3O/c1-10(14(2,3)4)17(5)13(18)12-7-6-11(8-15)9-16-12/h6-7,9-10H,1-5H3. The maximum atomic E-state index is 12.2. The minimum atomic E-state index is -0.123. The Balaban J connectivity index is 2.90. The van der Waals surface area contributed by atoms with E-state index in [1.165, 1.54) is 6.20 Å². The average Bonchev–Trinajstić information content (AvgIpc) is 2.35. The van der Waals surface area contributed by atoms with Crippen molar-refractivity contribution in [2.24, 2.45) is 5.41 Å². The zero-order valence-electron chi connectivity index (χ0n) is 11.6. The molecule has 4 heteroatoms. The number of nitrogens with zero attached hydrogens (tertiary/aromatic N) is 3. The normalized spacial score (nSPS) is 12.7. The lowest BCUT2D eigenvalue weighted by Gasteiger charge is -2.35. The van der Waals surface area contributed by atoms with Crippen molar-refractivity contribution in [1.29, 1.82) is 5.26 Å². The summed E-state index contributed by atoms with van der Waals surface area (Å²) in [5.74, 6) is -0.123. The molecule has 1 atom stereocenters. The fourth-order valence-corrected chi connectivity index (χ4v) is 1.52. The Hall–Kier alpha value is -1.89. The number of rotatable bonds is 2. The molecule has 0 aliphatic rings. The van der Waals surface area contributed by atoms with Crippen LogP contribution >= 0.6 is 0 Å². The molecule has 1 unspecified atom stereocenters. The Morgan fingerprint density at radius 2 is 2.06 bits per heavy atom. The summed E-state index contributed by atoms with van der Waals surface area (Å²) in [4.78, 5) is 17.9. The van der Waals surface area contributed by atoms with Gasteiger partial charge in [-0.05, 0) is 24.5 Å². The molecule has 0 spiro atoms. The van der Waals surface area contributed by atoms with Crippen molar-refractivity contribution in [3.8, 4) is 6.07 Å². The molecular formula is C14H19N3O. The van der Waals surface area contributed by atoms with Crippen LogP contribution in [0.15, 0.2) is 18.3 Å². The van der Waals surface area contributed by atoms with Gasteiger partial charge in [0.1, 0.15) is 11.8 Å². The Labute approximate surface area is 108 Å². The Morgan fingerprint density at radius 3 is 2.44 bits per heavy atom. The first-order valence-electron chi connectivity index (χ1n) is 5.90. The number of aromatic nitrogens is 1. The van der Waals surface area contributed by atoms with Gasteiger partial charge < -0.3 is 4.90 Å². The minimum Gasteiger partial charge on any atom is -0.337 e. The third-order valence-corrected chi connectivity index (χ3v) is 3.27. The van der Waals surface area contributed by atoms with E-state index in [0.717, 1.165) is 0 Å². The molecule has 1 amide bonds. The first kappa shape index (κ1) is 14.2. The first-order chi connectivity index (χ1) is 8.27. The van der Waals surface area contributed by atoms with Crippen molar-refractivity contribution in [1.82, 2.24) is 9.88 Å². The summed E-state index contributed by atoms with van der Waals surface area (Å²) >= 11 is 0. The Bertz CT molecular complexity index is 465. The van der Waals surface area contributed by atoms with E-state index in [2.05, 4.69) is 25.8 Å². The van der Waals surface area contributed by atoms with Gasteiger partial charge >= 0.3 is 0 Å². The number of pyridine rings is 1. The van der Waals surface area contributed by atoms with E-state index < -0.39 is 0 Å². The van der Waals surface area contributed by atoms with Crippen LogP contribution in [0.4, 0.5) is 0 Å². The van der Waals surface area contributed by atoms with Crippen molar-refractivity contribution in [3.05, 3.63) is 29.6 Å². The second kappa shape index (κ2) is 5.18. The van der Waals surface area contributed by atoms with Gasteiger partial charge in [0.25, 0.3) is 5.91 Å². The molecule has 1 aromatic heterocycles. The number of nitriles is 1. The van der Waals surface area contributed by atoms with E-state index in [0.29, 0.717) is 11.3 Å². The van der Waals surface area contributed by atoms with Gasteiger partial charge in [-0.1, -0.05) is 20.8 Å². The number of amides is 1. The second-order valence-corrected chi connectivity index (χ2v) is 5.50. The van der Waals surface area contributed by atoms with Crippen LogP contribution < -0.4 is 0 Å². The molecule has 18 heavy (non-hydrogen) atoms. The molecule has 0 aromatic carbocycles. The molecule has 1 rings (SSSR count). The molecule has 0 aliphatic carbocycles. The highest BCUT2D eigenvalue weighted by atomic mass is 16.2. The lowest BCUT2D eigenvalue weighted by molar-refractivity contribution is 0.0623. The van der Waals surface area contributed by atoms with E-state index in [4.69, 9.17) is 5.26 Å². The van der Waals surface area contributed by atoms with Gasteiger partial charge in [0.2, 0.25) is 0 Å². The summed E-state index contributed by atoms with van der Waals surface area (Å²) in [5.41, 5.74) is 0.836. The molecule has 96 valence electrons. The highest BCUT2D eigenvalue weighted by molar-refractivity contribution is 5.92. The molecule has 0 fully saturated rings. The molecule has 0 bridgehead atoms. The molecule has 0 saturated heterocycles. The van der Waals surface area contributed by atoms with Crippen LogP contribution in [0.1, 0.15) is 43.7 Å². The van der Waals surface area contributed by atoms with Crippen LogP contribution in [-0.2, 0) is 0 Å². The van der Waals surface area contributed by atoms with Crippen molar-refractivity contribution in [2.45, 2.75) is 33.7 Å². The third-order valence-electron chi connectivity index (χ3n) is 3.27. The summed E-state index contributed by atoms with van der Waals surface area (Å²) in [6, 6.07) is 5.28. The van der Waals surface area contributed by atoms with Crippen LogP contribution in [-0.4, -0.2) is 28.9 Å². The van der Waals surface area contributed by atoms with Gasteiger partial charge in [-0.25, -0.2) is 4.98 Å². The van der Waals surface area contributed by atoms with Gasteiger partial charge in [0, 0.05) is 19.3 Å². The van der Waals surface area contributed by atoms with E-state index in [1.54, 1.807) is 24.1 Å². The predicted molar refractivity (Wildman–Crippen MR) is 70.0 cm³/mol. The zero-order chi connectivity index (χ0) is 13.9. The molecular weight excluding hydrogens is 226 g/mol.